The number of hydrogen-bond acceptors (Lipinski definition) is 1. The van der Waals surface area contributed by atoms with Gasteiger partial charge in [0.1, 0.15) is 0 Å². The van der Waals surface area contributed by atoms with Gasteiger partial charge in [-0.15, -0.1) is 0 Å². The molecule has 1 fully saturated rings. The monoisotopic (exact) mass is 502 g/mol. The molecule has 0 unspecified atom stereocenters. The molecule has 2 aromatic rings. The average molecular weight is 503 g/mol. The Kier molecular flexibility index (Phi) is 5.37. The molecule has 3 nitrogen and oxygen atoms in total. The van der Waals surface area contributed by atoms with Crippen LogP contribution in [0, 0.1) is 3.80 Å². The van der Waals surface area contributed by atoms with Crippen molar-refractivity contribution in [2.45, 2.75) is 25.4 Å². The Labute approximate surface area is 133 Å². The molecule has 0 amide bonds. The van der Waals surface area contributed by atoms with Crippen molar-refractivity contribution in [3.8, 4) is 0 Å². The van der Waals surface area contributed by atoms with E-state index in [0.29, 0.717) is 6.54 Å². The van der Waals surface area contributed by atoms with E-state index in [9.17, 15) is 0 Å². The summed E-state index contributed by atoms with van der Waals surface area (Å²) in [7, 11) is 2.08. The number of aromatic nitrogens is 2. The van der Waals surface area contributed by atoms with Gasteiger partial charge in [-0.1, -0.05) is 28.1 Å². The molecule has 0 bridgehead atoms. The third-order valence-electron chi connectivity index (χ3n) is 3.01. The normalized spacial score (nSPS) is 13.9. The molecule has 0 saturated heterocycles. The molecule has 1 aliphatic carbocycles. The Bertz CT molecular complexity index is 581. The maximum absolute atomic E-state index is 5.38. The zero-order valence-corrected chi connectivity index (χ0v) is 14.7. The van der Waals surface area contributed by atoms with Crippen LogP contribution in [-0.4, -0.2) is 9.13 Å². The topological polar surface area (TPSA) is 35.9 Å². The van der Waals surface area contributed by atoms with Gasteiger partial charge in [-0.25, -0.2) is 0 Å². The number of rotatable bonds is 2. The molecule has 0 radical (unpaired) electrons. The Balaban J connectivity index is 0.000000141. The van der Waals surface area contributed by atoms with Crippen LogP contribution in [0.25, 0.3) is 0 Å². The predicted molar refractivity (Wildman–Crippen MR) is 77.0 cm³/mol. The summed E-state index contributed by atoms with van der Waals surface area (Å²) in [6, 6.07) is 8.80. The second kappa shape index (κ2) is 6.83. The molecule has 1 saturated carbocycles. The van der Waals surface area contributed by atoms with Crippen molar-refractivity contribution in [3.63, 3.8) is 0 Å². The van der Waals surface area contributed by atoms with Crippen molar-refractivity contribution in [1.82, 2.24) is 9.13 Å². The van der Waals surface area contributed by atoms with E-state index in [0.717, 1.165) is 10.5 Å². The Morgan fingerprint density at radius 3 is 2.32 bits per heavy atom. The molecule has 3 rings (SSSR count). The van der Waals surface area contributed by atoms with Crippen LogP contribution in [0.4, 0.5) is 0 Å². The number of imidazole rings is 1. The van der Waals surface area contributed by atoms with E-state index in [2.05, 4.69) is 63.9 Å². The summed E-state index contributed by atoms with van der Waals surface area (Å²) in [6.07, 6.45) is 7.01. The molecule has 0 aliphatic heterocycles. The van der Waals surface area contributed by atoms with Crippen molar-refractivity contribution < 1.29 is 19.4 Å². The summed E-state index contributed by atoms with van der Waals surface area (Å²) in [5.74, 6) is 0. The molecule has 106 valence electrons. The van der Waals surface area contributed by atoms with E-state index < -0.39 is 0 Å². The van der Waals surface area contributed by atoms with Gasteiger partial charge in [-0.2, -0.15) is 0 Å². The van der Waals surface area contributed by atoms with Crippen LogP contribution >= 0.6 is 15.9 Å². The van der Waals surface area contributed by atoms with Gasteiger partial charge in [0.2, 0.25) is 0 Å². The van der Waals surface area contributed by atoms with Crippen LogP contribution < -0.4 is 5.73 Å². The summed E-state index contributed by atoms with van der Waals surface area (Å²) >= 11 is 5.70. The standard InChI is InChI=1S/C7H8BrN.C7H10N2.Pt/c8-7-3-1-6(5-9)2-4-7;1-8-4-5-9(6-8)7-2-3-7;/h1-4H,5,9H2;4-5,7H,2-3H2,1H3;. The van der Waals surface area contributed by atoms with Gasteiger partial charge in [0, 0.05) is 11.0 Å². The summed E-state index contributed by atoms with van der Waals surface area (Å²) in [5, 5.41) is 0. The molecule has 0 spiro atoms. The first-order chi connectivity index (χ1) is 9.11. The Hall–Kier alpha value is -0.442. The van der Waals surface area contributed by atoms with Crippen molar-refractivity contribution in [3.05, 3.63) is 50.5 Å². The van der Waals surface area contributed by atoms with Gasteiger partial charge < -0.3 is 5.73 Å². The summed E-state index contributed by atoms with van der Waals surface area (Å²) < 4.78 is 6.93. The molecule has 2 N–H and O–H groups in total. The zero-order chi connectivity index (χ0) is 13.8. The van der Waals surface area contributed by atoms with E-state index in [1.165, 1.54) is 22.2 Å². The summed E-state index contributed by atoms with van der Waals surface area (Å²) in [6.45, 7) is 0.618. The average Bonchev–Trinajstić information content (AvgIpc) is 3.20. The molecular formula is C14H18BrN3Pt. The van der Waals surface area contributed by atoms with Gasteiger partial charge >= 0.3 is 70.6 Å². The van der Waals surface area contributed by atoms with Crippen molar-refractivity contribution in [2.75, 3.05) is 0 Å². The second-order valence-electron chi connectivity index (χ2n) is 4.62. The van der Waals surface area contributed by atoms with Crippen LogP contribution in [0.3, 0.4) is 0 Å². The largest absolute Gasteiger partial charge is 0.326 e. The third-order valence-corrected chi connectivity index (χ3v) is 4.92. The number of benzene rings is 1. The Morgan fingerprint density at radius 2 is 1.89 bits per heavy atom. The van der Waals surface area contributed by atoms with Gasteiger partial charge in [0.05, 0.1) is 0 Å². The fourth-order valence-electron chi connectivity index (χ4n) is 1.70. The van der Waals surface area contributed by atoms with Gasteiger partial charge in [0.15, 0.2) is 0 Å². The Morgan fingerprint density at radius 1 is 1.26 bits per heavy atom. The molecular weight excluding hydrogens is 485 g/mol. The molecule has 19 heavy (non-hydrogen) atoms. The fourth-order valence-corrected chi connectivity index (χ4v) is 2.72. The quantitative estimate of drug-likeness (QED) is 0.672. The summed E-state index contributed by atoms with van der Waals surface area (Å²) in [4.78, 5) is 0. The third kappa shape index (κ3) is 4.27. The van der Waals surface area contributed by atoms with E-state index in [1.54, 1.807) is 0 Å². The van der Waals surface area contributed by atoms with Gasteiger partial charge in [-0.05, 0) is 17.7 Å². The summed E-state index contributed by atoms with van der Waals surface area (Å²) in [5.41, 5.74) is 6.55. The van der Waals surface area contributed by atoms with Crippen molar-refractivity contribution >= 4 is 15.9 Å². The molecule has 0 atom stereocenters. The van der Waals surface area contributed by atoms with E-state index in [1.807, 2.05) is 24.3 Å². The molecule has 1 aromatic heterocycles. The van der Waals surface area contributed by atoms with Crippen molar-refractivity contribution in [1.29, 1.82) is 0 Å². The maximum Gasteiger partial charge on any atom is 0.0178 e. The minimum Gasteiger partial charge on any atom is -0.326 e. The van der Waals surface area contributed by atoms with Gasteiger partial charge in [0.25, 0.3) is 0 Å². The number of halogens is 1. The molecule has 1 aliphatic rings. The first-order valence-electron chi connectivity index (χ1n) is 6.25. The smallest absolute Gasteiger partial charge is 0.0178 e. The van der Waals surface area contributed by atoms with Crippen LogP contribution in [0.1, 0.15) is 24.4 Å². The molecule has 1 heterocycles. The van der Waals surface area contributed by atoms with Crippen LogP contribution in [0.2, 0.25) is 0 Å². The first kappa shape index (κ1) is 15.0. The number of nitrogens with two attached hydrogens (primary N) is 1. The maximum atomic E-state index is 5.38. The number of hydrogen-bond donors (Lipinski definition) is 1. The van der Waals surface area contributed by atoms with Crippen LogP contribution in [-0.2, 0) is 32.9 Å². The van der Waals surface area contributed by atoms with E-state index >= 15 is 0 Å². The zero-order valence-electron chi connectivity index (χ0n) is 10.8. The fraction of sp³-hybridized carbons (Fsp3) is 0.357. The second-order valence-corrected chi connectivity index (χ2v) is 6.55. The first-order valence-corrected chi connectivity index (χ1v) is 8.18. The minimum atomic E-state index is 0.618. The van der Waals surface area contributed by atoms with Crippen molar-refractivity contribution in [2.24, 2.45) is 12.8 Å². The van der Waals surface area contributed by atoms with E-state index in [-0.39, 0.29) is 0 Å². The van der Waals surface area contributed by atoms with Crippen LogP contribution in [0.5, 0.6) is 0 Å². The number of aryl methyl sites for hydroxylation is 1. The van der Waals surface area contributed by atoms with Gasteiger partial charge in [-0.3, -0.25) is 0 Å². The SMILES string of the molecule is Cn1ccn(C2CC2)[c]1=[Pt].NCc1ccc(Br)cc1. The molecule has 1 aromatic carbocycles. The predicted octanol–water partition coefficient (Wildman–Crippen LogP) is 3.15. The molecule has 5 heteroatoms. The number of nitrogens with zero attached hydrogens (tertiary/aromatic N) is 2. The minimum absolute atomic E-state index is 0.618. The van der Waals surface area contributed by atoms with E-state index in [4.69, 9.17) is 5.73 Å². The van der Waals surface area contributed by atoms with Crippen LogP contribution in [0.15, 0.2) is 41.1 Å².